The Balaban J connectivity index is 2.43. The Morgan fingerprint density at radius 2 is 2.36 bits per heavy atom. The summed E-state index contributed by atoms with van der Waals surface area (Å²) < 4.78 is 5.37. The van der Waals surface area contributed by atoms with Crippen molar-refractivity contribution < 1.29 is 4.74 Å². The fourth-order valence-electron chi connectivity index (χ4n) is 1.15. The average Bonchev–Trinajstić information content (AvgIpc) is 2.27. The predicted molar refractivity (Wildman–Crippen MR) is 42.7 cm³/mol. The fourth-order valence-corrected chi connectivity index (χ4v) is 1.15. The number of nitrogens with zero attached hydrogens (tertiary/aromatic N) is 1. The molecule has 11 heavy (non-hydrogen) atoms. The molecule has 1 atom stereocenters. The lowest BCUT2D eigenvalue weighted by Crippen LogP contribution is -2.14. The Hall–Kier alpha value is -1.25. The third-order valence-corrected chi connectivity index (χ3v) is 1.65. The Bertz CT molecular complexity index is 285. The smallest absolute Gasteiger partial charge is 0.239 e. The van der Waals surface area contributed by atoms with Gasteiger partial charge in [-0.15, -0.1) is 0 Å². The van der Waals surface area contributed by atoms with E-state index in [1.807, 2.05) is 26.0 Å². The molecule has 0 radical (unpaired) electrons. The van der Waals surface area contributed by atoms with E-state index in [0.29, 0.717) is 0 Å². The Morgan fingerprint density at radius 3 is 3.18 bits per heavy atom. The molecule has 2 rings (SSSR count). The maximum atomic E-state index is 5.37. The zero-order valence-electron chi connectivity index (χ0n) is 6.59. The van der Waals surface area contributed by atoms with E-state index in [4.69, 9.17) is 4.74 Å². The summed E-state index contributed by atoms with van der Waals surface area (Å²) in [4.78, 5) is 4.22. The van der Waals surface area contributed by atoms with Gasteiger partial charge in [0.15, 0.2) is 6.23 Å². The zero-order valence-corrected chi connectivity index (χ0v) is 6.59. The van der Waals surface area contributed by atoms with Crippen LogP contribution < -0.4 is 10.1 Å². The highest BCUT2D eigenvalue weighted by Crippen LogP contribution is 2.28. The van der Waals surface area contributed by atoms with Crippen molar-refractivity contribution in [2.75, 3.05) is 5.32 Å². The van der Waals surface area contributed by atoms with Gasteiger partial charge in [-0.05, 0) is 26.0 Å². The standard InChI is InChI=1S/C8H10N2O/c1-5-3-4-7-8(9-5)11-6(2)10-7/h3-4,6,10H,1-2H3. The normalized spacial score (nSPS) is 20.4. The van der Waals surface area contributed by atoms with E-state index in [1.165, 1.54) is 0 Å². The molecule has 0 aliphatic carbocycles. The molecule has 1 aliphatic rings. The highest BCUT2D eigenvalue weighted by atomic mass is 16.5. The van der Waals surface area contributed by atoms with Gasteiger partial charge < -0.3 is 10.1 Å². The summed E-state index contributed by atoms with van der Waals surface area (Å²) in [5.41, 5.74) is 1.97. The number of aryl methyl sites for hydroxylation is 1. The maximum Gasteiger partial charge on any atom is 0.239 e. The quantitative estimate of drug-likeness (QED) is 0.609. The number of anilines is 1. The van der Waals surface area contributed by atoms with E-state index in [1.54, 1.807) is 0 Å². The van der Waals surface area contributed by atoms with Gasteiger partial charge in [0, 0.05) is 5.69 Å². The van der Waals surface area contributed by atoms with E-state index in [2.05, 4.69) is 10.3 Å². The summed E-state index contributed by atoms with van der Waals surface area (Å²) in [6.07, 6.45) is 0.0549. The largest absolute Gasteiger partial charge is 0.453 e. The minimum Gasteiger partial charge on any atom is -0.453 e. The van der Waals surface area contributed by atoms with Crippen molar-refractivity contribution in [3.8, 4) is 5.88 Å². The van der Waals surface area contributed by atoms with Crippen molar-refractivity contribution >= 4 is 5.69 Å². The fraction of sp³-hybridized carbons (Fsp3) is 0.375. The monoisotopic (exact) mass is 150 g/mol. The van der Waals surface area contributed by atoms with Crippen LogP contribution in [0.25, 0.3) is 0 Å². The number of rotatable bonds is 0. The van der Waals surface area contributed by atoms with Crippen LogP contribution in [0.2, 0.25) is 0 Å². The summed E-state index contributed by atoms with van der Waals surface area (Å²) in [5, 5.41) is 3.14. The molecule has 1 unspecified atom stereocenters. The summed E-state index contributed by atoms with van der Waals surface area (Å²) in [7, 11) is 0. The van der Waals surface area contributed by atoms with Crippen LogP contribution in [-0.2, 0) is 0 Å². The number of nitrogens with one attached hydrogen (secondary N) is 1. The number of fused-ring (bicyclic) bond motifs is 1. The molecule has 0 saturated heterocycles. The molecule has 1 aliphatic heterocycles. The lowest BCUT2D eigenvalue weighted by atomic mass is 10.3. The minimum atomic E-state index is 0.0549. The van der Waals surface area contributed by atoms with Gasteiger partial charge in [-0.1, -0.05) is 0 Å². The molecule has 58 valence electrons. The first kappa shape index (κ1) is 6.46. The molecule has 3 nitrogen and oxygen atoms in total. The van der Waals surface area contributed by atoms with Crippen molar-refractivity contribution in [2.24, 2.45) is 0 Å². The second-order valence-electron chi connectivity index (χ2n) is 2.71. The molecule has 1 aromatic rings. The van der Waals surface area contributed by atoms with Crippen molar-refractivity contribution in [3.63, 3.8) is 0 Å². The van der Waals surface area contributed by atoms with Gasteiger partial charge >= 0.3 is 0 Å². The molecular weight excluding hydrogens is 140 g/mol. The first-order valence-electron chi connectivity index (χ1n) is 3.66. The summed E-state index contributed by atoms with van der Waals surface area (Å²) >= 11 is 0. The predicted octanol–water partition coefficient (Wildman–Crippen LogP) is 1.54. The topological polar surface area (TPSA) is 34.1 Å². The van der Waals surface area contributed by atoms with Crippen LogP contribution in [0, 0.1) is 6.92 Å². The van der Waals surface area contributed by atoms with Crippen molar-refractivity contribution in [1.82, 2.24) is 4.98 Å². The van der Waals surface area contributed by atoms with E-state index >= 15 is 0 Å². The Labute approximate surface area is 65.4 Å². The average molecular weight is 150 g/mol. The number of pyridine rings is 1. The minimum absolute atomic E-state index is 0.0549. The number of hydrogen-bond acceptors (Lipinski definition) is 3. The van der Waals surface area contributed by atoms with E-state index in [0.717, 1.165) is 17.3 Å². The maximum absolute atomic E-state index is 5.37. The van der Waals surface area contributed by atoms with Crippen LogP contribution in [0.15, 0.2) is 12.1 Å². The van der Waals surface area contributed by atoms with Gasteiger partial charge in [0.2, 0.25) is 5.88 Å². The van der Waals surface area contributed by atoms with Gasteiger partial charge in [-0.2, -0.15) is 0 Å². The molecule has 0 spiro atoms. The van der Waals surface area contributed by atoms with Crippen molar-refractivity contribution in [2.45, 2.75) is 20.1 Å². The van der Waals surface area contributed by atoms with Crippen LogP contribution in [-0.4, -0.2) is 11.2 Å². The first-order chi connectivity index (χ1) is 5.25. The second-order valence-corrected chi connectivity index (χ2v) is 2.71. The Kier molecular flexibility index (Phi) is 1.24. The van der Waals surface area contributed by atoms with E-state index in [9.17, 15) is 0 Å². The molecular formula is C8H10N2O. The lowest BCUT2D eigenvalue weighted by Gasteiger charge is -2.00. The molecule has 2 heterocycles. The summed E-state index contributed by atoms with van der Waals surface area (Å²) in [5.74, 6) is 0.720. The van der Waals surface area contributed by atoms with Crippen molar-refractivity contribution in [1.29, 1.82) is 0 Å². The van der Waals surface area contributed by atoms with Gasteiger partial charge in [0.25, 0.3) is 0 Å². The molecule has 1 aromatic heterocycles. The molecule has 3 heteroatoms. The van der Waals surface area contributed by atoms with E-state index < -0.39 is 0 Å². The zero-order chi connectivity index (χ0) is 7.84. The van der Waals surface area contributed by atoms with Crippen LogP contribution in [0.4, 0.5) is 5.69 Å². The third kappa shape index (κ3) is 1.02. The SMILES string of the molecule is Cc1ccc2c(n1)OC(C)N2. The number of ether oxygens (including phenoxy) is 1. The molecule has 0 bridgehead atoms. The lowest BCUT2D eigenvalue weighted by molar-refractivity contribution is 0.265. The van der Waals surface area contributed by atoms with Crippen LogP contribution in [0.5, 0.6) is 5.88 Å². The molecule has 0 aromatic carbocycles. The van der Waals surface area contributed by atoms with E-state index in [-0.39, 0.29) is 6.23 Å². The molecule has 0 amide bonds. The molecule has 0 saturated carbocycles. The second kappa shape index (κ2) is 2.12. The van der Waals surface area contributed by atoms with Gasteiger partial charge in [0.05, 0.1) is 0 Å². The highest BCUT2D eigenvalue weighted by molar-refractivity contribution is 5.56. The summed E-state index contributed by atoms with van der Waals surface area (Å²) in [6.45, 7) is 3.91. The molecule has 0 fully saturated rings. The highest BCUT2D eigenvalue weighted by Gasteiger charge is 2.18. The number of hydrogen-bond donors (Lipinski definition) is 1. The Morgan fingerprint density at radius 1 is 1.55 bits per heavy atom. The summed E-state index contributed by atoms with van der Waals surface area (Å²) in [6, 6.07) is 3.95. The third-order valence-electron chi connectivity index (χ3n) is 1.65. The van der Waals surface area contributed by atoms with Crippen LogP contribution >= 0.6 is 0 Å². The number of aromatic nitrogens is 1. The van der Waals surface area contributed by atoms with Gasteiger partial charge in [0.1, 0.15) is 5.69 Å². The van der Waals surface area contributed by atoms with Crippen molar-refractivity contribution in [3.05, 3.63) is 17.8 Å². The van der Waals surface area contributed by atoms with Gasteiger partial charge in [-0.3, -0.25) is 0 Å². The van der Waals surface area contributed by atoms with Crippen LogP contribution in [0.3, 0.4) is 0 Å². The van der Waals surface area contributed by atoms with Crippen LogP contribution in [0.1, 0.15) is 12.6 Å². The molecule has 1 N–H and O–H groups in total. The van der Waals surface area contributed by atoms with Gasteiger partial charge in [-0.25, -0.2) is 4.98 Å². The first-order valence-corrected chi connectivity index (χ1v) is 3.66.